The Morgan fingerprint density at radius 3 is 2.95 bits per heavy atom. The SMILES string of the molecule is O=C(NCc1ccc2c(c1)OCO2)N[C@H]1CCN(C2CC2)C1. The lowest BCUT2D eigenvalue weighted by atomic mass is 10.2. The van der Waals surface area contributed by atoms with Crippen molar-refractivity contribution in [3.05, 3.63) is 23.8 Å². The molecule has 1 aromatic carbocycles. The molecule has 1 saturated heterocycles. The van der Waals surface area contributed by atoms with Gasteiger partial charge in [-0.1, -0.05) is 6.07 Å². The molecule has 1 aromatic rings. The third-order valence-corrected chi connectivity index (χ3v) is 4.51. The summed E-state index contributed by atoms with van der Waals surface area (Å²) in [7, 11) is 0. The van der Waals surface area contributed by atoms with E-state index in [-0.39, 0.29) is 18.9 Å². The van der Waals surface area contributed by atoms with Gasteiger partial charge in [0.2, 0.25) is 6.79 Å². The number of carbonyl (C=O) groups is 1. The van der Waals surface area contributed by atoms with Crippen LogP contribution in [0.1, 0.15) is 24.8 Å². The molecule has 4 rings (SSSR count). The third kappa shape index (κ3) is 2.97. The van der Waals surface area contributed by atoms with Crippen LogP contribution in [-0.4, -0.2) is 42.9 Å². The summed E-state index contributed by atoms with van der Waals surface area (Å²) in [6.45, 7) is 2.85. The predicted octanol–water partition coefficient (Wildman–Crippen LogP) is 1.45. The van der Waals surface area contributed by atoms with Crippen molar-refractivity contribution in [3.63, 3.8) is 0 Å². The van der Waals surface area contributed by atoms with E-state index in [2.05, 4.69) is 15.5 Å². The second kappa shape index (κ2) is 5.68. The van der Waals surface area contributed by atoms with Gasteiger partial charge in [0.05, 0.1) is 0 Å². The maximum Gasteiger partial charge on any atom is 0.315 e. The molecule has 0 radical (unpaired) electrons. The van der Waals surface area contributed by atoms with Gasteiger partial charge in [-0.25, -0.2) is 4.79 Å². The topological polar surface area (TPSA) is 62.8 Å². The molecular formula is C16H21N3O3. The number of ether oxygens (including phenoxy) is 2. The number of urea groups is 1. The number of nitrogens with zero attached hydrogens (tertiary/aromatic N) is 1. The van der Waals surface area contributed by atoms with Crippen molar-refractivity contribution < 1.29 is 14.3 Å². The highest BCUT2D eigenvalue weighted by atomic mass is 16.7. The van der Waals surface area contributed by atoms with Gasteiger partial charge in [-0.2, -0.15) is 0 Å². The van der Waals surface area contributed by atoms with Gasteiger partial charge in [-0.15, -0.1) is 0 Å². The van der Waals surface area contributed by atoms with E-state index in [1.54, 1.807) is 0 Å². The summed E-state index contributed by atoms with van der Waals surface area (Å²) >= 11 is 0. The highest BCUT2D eigenvalue weighted by Crippen LogP contribution is 2.32. The number of fused-ring (bicyclic) bond motifs is 1. The number of nitrogens with one attached hydrogen (secondary N) is 2. The largest absolute Gasteiger partial charge is 0.454 e. The summed E-state index contributed by atoms with van der Waals surface area (Å²) in [5.41, 5.74) is 1.01. The molecule has 2 N–H and O–H groups in total. The van der Waals surface area contributed by atoms with Crippen LogP contribution in [0.4, 0.5) is 4.79 Å². The second-order valence-electron chi connectivity index (χ2n) is 6.23. The highest BCUT2D eigenvalue weighted by Gasteiger charge is 2.34. The molecule has 3 aliphatic rings. The van der Waals surface area contributed by atoms with Gasteiger partial charge >= 0.3 is 6.03 Å². The van der Waals surface area contributed by atoms with E-state index in [0.717, 1.165) is 42.6 Å². The Kier molecular flexibility index (Phi) is 3.54. The van der Waals surface area contributed by atoms with Crippen molar-refractivity contribution in [2.45, 2.75) is 37.9 Å². The van der Waals surface area contributed by atoms with Crippen LogP contribution in [0.2, 0.25) is 0 Å². The lowest BCUT2D eigenvalue weighted by Crippen LogP contribution is -2.43. The first-order valence-electron chi connectivity index (χ1n) is 7.95. The highest BCUT2D eigenvalue weighted by molar-refractivity contribution is 5.74. The fourth-order valence-corrected chi connectivity index (χ4v) is 3.15. The van der Waals surface area contributed by atoms with E-state index < -0.39 is 0 Å². The minimum absolute atomic E-state index is 0.0969. The molecule has 6 heteroatoms. The number of likely N-dealkylation sites (tertiary alicyclic amines) is 1. The Hall–Kier alpha value is -1.95. The Labute approximate surface area is 129 Å². The first-order valence-corrected chi connectivity index (χ1v) is 7.95. The minimum atomic E-state index is -0.0969. The van der Waals surface area contributed by atoms with E-state index in [1.165, 1.54) is 12.8 Å². The molecule has 0 spiro atoms. The Morgan fingerprint density at radius 1 is 1.23 bits per heavy atom. The standard InChI is InChI=1S/C16H21N3O3/c20-16(18-12-5-6-19(9-12)13-2-3-13)17-8-11-1-4-14-15(7-11)22-10-21-14/h1,4,7,12-13H,2-3,5-6,8-10H2,(H2,17,18,20)/t12-/m0/s1. The molecule has 1 atom stereocenters. The van der Waals surface area contributed by atoms with Gasteiger partial charge in [0, 0.05) is 31.7 Å². The smallest absolute Gasteiger partial charge is 0.315 e. The third-order valence-electron chi connectivity index (χ3n) is 4.51. The van der Waals surface area contributed by atoms with E-state index in [9.17, 15) is 4.79 Å². The monoisotopic (exact) mass is 303 g/mol. The fraction of sp³-hybridized carbons (Fsp3) is 0.562. The van der Waals surface area contributed by atoms with E-state index in [4.69, 9.17) is 9.47 Å². The lowest BCUT2D eigenvalue weighted by Gasteiger charge is -2.16. The van der Waals surface area contributed by atoms with E-state index in [0.29, 0.717) is 6.54 Å². The Morgan fingerprint density at radius 2 is 2.09 bits per heavy atom. The molecule has 0 unspecified atom stereocenters. The van der Waals surface area contributed by atoms with Crippen LogP contribution in [0.5, 0.6) is 11.5 Å². The maximum absolute atomic E-state index is 12.0. The number of benzene rings is 1. The maximum atomic E-state index is 12.0. The van der Waals surface area contributed by atoms with Crippen molar-refractivity contribution in [2.24, 2.45) is 0 Å². The summed E-state index contributed by atoms with van der Waals surface area (Å²) < 4.78 is 10.6. The normalized spacial score (nSPS) is 23.5. The molecule has 6 nitrogen and oxygen atoms in total. The molecule has 2 heterocycles. The predicted molar refractivity (Wildman–Crippen MR) is 80.9 cm³/mol. The molecule has 2 amide bonds. The number of rotatable bonds is 4. The Bertz CT molecular complexity index is 574. The minimum Gasteiger partial charge on any atom is -0.454 e. The first-order chi connectivity index (χ1) is 10.8. The number of carbonyl (C=O) groups excluding carboxylic acids is 1. The van der Waals surface area contributed by atoms with Crippen LogP contribution in [0.3, 0.4) is 0 Å². The van der Waals surface area contributed by atoms with Crippen LogP contribution in [0, 0.1) is 0 Å². The van der Waals surface area contributed by atoms with E-state index >= 15 is 0 Å². The summed E-state index contributed by atoms with van der Waals surface area (Å²) in [5, 5.41) is 5.98. The van der Waals surface area contributed by atoms with Crippen LogP contribution in [0.15, 0.2) is 18.2 Å². The molecular weight excluding hydrogens is 282 g/mol. The second-order valence-corrected chi connectivity index (χ2v) is 6.23. The summed E-state index contributed by atoms with van der Waals surface area (Å²) in [4.78, 5) is 14.5. The summed E-state index contributed by atoms with van der Waals surface area (Å²) in [6, 6.07) is 6.69. The van der Waals surface area contributed by atoms with Gasteiger partial charge in [-0.05, 0) is 37.0 Å². The van der Waals surface area contributed by atoms with Crippen LogP contribution < -0.4 is 20.1 Å². The molecule has 1 aliphatic carbocycles. The molecule has 0 bridgehead atoms. The van der Waals surface area contributed by atoms with Gasteiger partial charge < -0.3 is 20.1 Å². The van der Waals surface area contributed by atoms with Crippen LogP contribution >= 0.6 is 0 Å². The van der Waals surface area contributed by atoms with Gasteiger partial charge in [-0.3, -0.25) is 4.90 Å². The number of hydrogen-bond donors (Lipinski definition) is 2. The number of amides is 2. The molecule has 0 aromatic heterocycles. The van der Waals surface area contributed by atoms with Crippen molar-refractivity contribution in [1.82, 2.24) is 15.5 Å². The molecule has 22 heavy (non-hydrogen) atoms. The number of hydrogen-bond acceptors (Lipinski definition) is 4. The van der Waals surface area contributed by atoms with Gasteiger partial charge in [0.1, 0.15) is 0 Å². The van der Waals surface area contributed by atoms with Crippen molar-refractivity contribution >= 4 is 6.03 Å². The van der Waals surface area contributed by atoms with Crippen LogP contribution in [-0.2, 0) is 6.54 Å². The van der Waals surface area contributed by atoms with Crippen molar-refractivity contribution in [3.8, 4) is 11.5 Å². The molecule has 118 valence electrons. The summed E-state index contributed by atoms with van der Waals surface area (Å²) in [5.74, 6) is 1.51. The zero-order valence-corrected chi connectivity index (χ0v) is 12.5. The zero-order chi connectivity index (χ0) is 14.9. The van der Waals surface area contributed by atoms with Crippen molar-refractivity contribution in [2.75, 3.05) is 19.9 Å². The lowest BCUT2D eigenvalue weighted by molar-refractivity contribution is 0.174. The molecule has 1 saturated carbocycles. The van der Waals surface area contributed by atoms with E-state index in [1.807, 2.05) is 18.2 Å². The average molecular weight is 303 g/mol. The average Bonchev–Trinajstić information content (AvgIpc) is 3.08. The molecule has 2 fully saturated rings. The van der Waals surface area contributed by atoms with Crippen LogP contribution in [0.25, 0.3) is 0 Å². The summed E-state index contributed by atoms with van der Waals surface area (Å²) in [6.07, 6.45) is 3.69. The Balaban J connectivity index is 1.24. The quantitative estimate of drug-likeness (QED) is 0.884. The molecule has 2 aliphatic heterocycles. The van der Waals surface area contributed by atoms with Crippen molar-refractivity contribution in [1.29, 1.82) is 0 Å². The van der Waals surface area contributed by atoms with Gasteiger partial charge in [0.25, 0.3) is 0 Å². The first kappa shape index (κ1) is 13.7. The zero-order valence-electron chi connectivity index (χ0n) is 12.5. The van der Waals surface area contributed by atoms with Gasteiger partial charge in [0.15, 0.2) is 11.5 Å². The fourth-order valence-electron chi connectivity index (χ4n) is 3.15.